The van der Waals surface area contributed by atoms with E-state index in [9.17, 15) is 13.6 Å². The lowest BCUT2D eigenvalue weighted by molar-refractivity contribution is -0.131. The SMILES string of the molecule is NC1=C(/C=N/Sc2ccc(OC(F)F)cc2)CN(C(=O)C(N)c2ccc(Cl)cc2)C1. The molecule has 2 aromatic carbocycles. The zero-order valence-electron chi connectivity index (χ0n) is 15.7. The number of hydrogen-bond acceptors (Lipinski definition) is 6. The quantitative estimate of drug-likeness (QED) is 0.492. The molecule has 1 unspecified atom stereocenters. The second-order valence-corrected chi connectivity index (χ2v) is 7.75. The zero-order valence-corrected chi connectivity index (χ0v) is 17.2. The first-order chi connectivity index (χ1) is 14.3. The van der Waals surface area contributed by atoms with E-state index in [2.05, 4.69) is 9.13 Å². The molecule has 6 nitrogen and oxygen atoms in total. The number of carbonyl (C=O) groups is 1. The predicted octanol–water partition coefficient (Wildman–Crippen LogP) is 3.77. The Hall–Kier alpha value is -2.62. The molecule has 0 bridgehead atoms. The molecular formula is C20H19ClF2N4O2S. The van der Waals surface area contributed by atoms with Crippen LogP contribution in [-0.2, 0) is 4.79 Å². The molecule has 0 saturated heterocycles. The Labute approximate surface area is 181 Å². The van der Waals surface area contributed by atoms with Gasteiger partial charge in [0.2, 0.25) is 5.91 Å². The summed E-state index contributed by atoms with van der Waals surface area (Å²) in [6.45, 7) is -2.29. The first kappa shape index (κ1) is 22.1. The molecular weight excluding hydrogens is 434 g/mol. The Morgan fingerprint density at radius 1 is 1.17 bits per heavy atom. The summed E-state index contributed by atoms with van der Waals surface area (Å²) in [4.78, 5) is 15.0. The molecule has 30 heavy (non-hydrogen) atoms. The average Bonchev–Trinajstić information content (AvgIpc) is 3.09. The standard InChI is InChI=1S/C20H19ClF2N4O2S/c21-14-3-1-12(2-4-14)18(25)19(28)27-10-13(17(24)11-27)9-26-30-16-7-5-15(6-8-16)29-20(22)23/h1-9,18,20H,10-11,24-25H2/b26-9+. The van der Waals surface area contributed by atoms with E-state index < -0.39 is 12.7 Å². The minimum absolute atomic E-state index is 0.0762. The van der Waals surface area contributed by atoms with E-state index in [1.165, 1.54) is 12.1 Å². The van der Waals surface area contributed by atoms with Crippen LogP contribution in [0.4, 0.5) is 8.78 Å². The van der Waals surface area contributed by atoms with Crippen LogP contribution in [0.1, 0.15) is 11.6 Å². The zero-order chi connectivity index (χ0) is 21.7. The van der Waals surface area contributed by atoms with E-state index in [0.717, 1.165) is 22.4 Å². The van der Waals surface area contributed by atoms with Gasteiger partial charge < -0.3 is 21.1 Å². The van der Waals surface area contributed by atoms with E-state index in [0.29, 0.717) is 22.8 Å². The maximum atomic E-state index is 12.7. The van der Waals surface area contributed by atoms with Gasteiger partial charge in [0.15, 0.2) is 0 Å². The minimum Gasteiger partial charge on any atom is -0.435 e. The van der Waals surface area contributed by atoms with Crippen molar-refractivity contribution in [2.75, 3.05) is 13.1 Å². The van der Waals surface area contributed by atoms with E-state index in [4.69, 9.17) is 23.1 Å². The van der Waals surface area contributed by atoms with Gasteiger partial charge in [-0.2, -0.15) is 8.78 Å². The van der Waals surface area contributed by atoms with Gasteiger partial charge in [0.1, 0.15) is 11.8 Å². The molecule has 1 heterocycles. The van der Waals surface area contributed by atoms with Crippen molar-refractivity contribution < 1.29 is 18.3 Å². The fraction of sp³-hybridized carbons (Fsp3) is 0.200. The Morgan fingerprint density at radius 2 is 1.83 bits per heavy atom. The van der Waals surface area contributed by atoms with Crippen LogP contribution >= 0.6 is 23.5 Å². The van der Waals surface area contributed by atoms with Crippen molar-refractivity contribution >= 4 is 35.7 Å². The largest absolute Gasteiger partial charge is 0.435 e. The number of hydrogen-bond donors (Lipinski definition) is 2. The Kier molecular flexibility index (Phi) is 7.30. The van der Waals surface area contributed by atoms with Crippen LogP contribution in [0.2, 0.25) is 5.02 Å². The lowest BCUT2D eigenvalue weighted by atomic mass is 10.1. The summed E-state index contributed by atoms with van der Waals surface area (Å²) in [6.07, 6.45) is 1.59. The number of nitrogens with zero attached hydrogens (tertiary/aromatic N) is 2. The molecule has 3 rings (SSSR count). The smallest absolute Gasteiger partial charge is 0.387 e. The third-order valence-electron chi connectivity index (χ3n) is 4.36. The van der Waals surface area contributed by atoms with Crippen LogP contribution in [0.3, 0.4) is 0 Å². The topological polar surface area (TPSA) is 93.9 Å². The molecule has 0 radical (unpaired) electrons. The number of carbonyl (C=O) groups excluding carboxylic acids is 1. The molecule has 0 fully saturated rings. The van der Waals surface area contributed by atoms with Crippen molar-refractivity contribution in [2.45, 2.75) is 17.5 Å². The molecule has 1 aliphatic heterocycles. The summed E-state index contributed by atoms with van der Waals surface area (Å²) in [5.41, 5.74) is 14.1. The van der Waals surface area contributed by atoms with E-state index in [1.807, 2.05) is 0 Å². The summed E-state index contributed by atoms with van der Waals surface area (Å²) < 4.78 is 32.9. The Balaban J connectivity index is 1.55. The Morgan fingerprint density at radius 3 is 2.47 bits per heavy atom. The van der Waals surface area contributed by atoms with E-state index in [-0.39, 0.29) is 18.2 Å². The first-order valence-corrected chi connectivity index (χ1v) is 10.0. The molecule has 10 heteroatoms. The number of rotatable bonds is 7. The van der Waals surface area contributed by atoms with Gasteiger partial charge in [-0.05, 0) is 42.0 Å². The second-order valence-electron chi connectivity index (χ2n) is 6.45. The minimum atomic E-state index is -2.86. The lowest BCUT2D eigenvalue weighted by Gasteiger charge is -2.21. The van der Waals surface area contributed by atoms with Crippen molar-refractivity contribution in [2.24, 2.45) is 15.9 Å². The fourth-order valence-corrected chi connectivity index (χ4v) is 3.48. The van der Waals surface area contributed by atoms with Crippen LogP contribution in [0.15, 0.2) is 69.1 Å². The highest BCUT2D eigenvalue weighted by Gasteiger charge is 2.28. The van der Waals surface area contributed by atoms with Gasteiger partial charge in [-0.1, -0.05) is 23.7 Å². The molecule has 1 amide bonds. The predicted molar refractivity (Wildman–Crippen MR) is 114 cm³/mol. The highest BCUT2D eigenvalue weighted by Crippen LogP contribution is 2.24. The molecule has 0 saturated carbocycles. The van der Waals surface area contributed by atoms with Gasteiger partial charge in [0, 0.05) is 45.9 Å². The van der Waals surface area contributed by atoms with Gasteiger partial charge in [-0.25, -0.2) is 4.40 Å². The molecule has 1 aliphatic rings. The van der Waals surface area contributed by atoms with Crippen LogP contribution < -0.4 is 16.2 Å². The Bertz CT molecular complexity index is 952. The van der Waals surface area contributed by atoms with Gasteiger partial charge in [0.25, 0.3) is 0 Å². The number of halogens is 3. The molecule has 2 aromatic rings. The van der Waals surface area contributed by atoms with Crippen LogP contribution in [0.25, 0.3) is 0 Å². The van der Waals surface area contributed by atoms with Crippen LogP contribution in [0.5, 0.6) is 5.75 Å². The summed E-state index contributed by atoms with van der Waals surface area (Å²) in [5.74, 6) is -0.168. The van der Waals surface area contributed by atoms with Crippen LogP contribution in [-0.4, -0.2) is 36.7 Å². The van der Waals surface area contributed by atoms with Gasteiger partial charge in [0.05, 0.1) is 6.54 Å². The second kappa shape index (κ2) is 9.92. The van der Waals surface area contributed by atoms with Crippen molar-refractivity contribution in [3.8, 4) is 5.75 Å². The number of amides is 1. The van der Waals surface area contributed by atoms with Gasteiger partial charge in [-0.3, -0.25) is 4.79 Å². The normalized spacial score (nSPS) is 15.3. The van der Waals surface area contributed by atoms with Crippen LogP contribution in [0, 0.1) is 0 Å². The molecule has 0 aliphatic carbocycles. The molecule has 0 spiro atoms. The molecule has 4 N–H and O–H groups in total. The number of benzene rings is 2. The molecule has 1 atom stereocenters. The molecule has 158 valence electrons. The van der Waals surface area contributed by atoms with Gasteiger partial charge in [-0.15, -0.1) is 0 Å². The van der Waals surface area contributed by atoms with Crippen molar-refractivity contribution in [3.63, 3.8) is 0 Å². The third-order valence-corrected chi connectivity index (χ3v) is 5.30. The highest BCUT2D eigenvalue weighted by atomic mass is 35.5. The number of alkyl halides is 2. The third kappa shape index (κ3) is 5.71. The fourth-order valence-electron chi connectivity index (χ4n) is 2.79. The average molecular weight is 453 g/mol. The first-order valence-electron chi connectivity index (χ1n) is 8.86. The van der Waals surface area contributed by atoms with Crippen molar-refractivity contribution in [3.05, 3.63) is 70.4 Å². The van der Waals surface area contributed by atoms with Gasteiger partial charge >= 0.3 is 6.61 Å². The van der Waals surface area contributed by atoms with Crippen molar-refractivity contribution in [1.82, 2.24) is 4.90 Å². The monoisotopic (exact) mass is 452 g/mol. The van der Waals surface area contributed by atoms with E-state index >= 15 is 0 Å². The maximum absolute atomic E-state index is 12.7. The summed E-state index contributed by atoms with van der Waals surface area (Å²) in [6, 6.07) is 12.1. The molecule has 0 aromatic heterocycles. The van der Waals surface area contributed by atoms with E-state index in [1.54, 1.807) is 47.5 Å². The summed E-state index contributed by atoms with van der Waals surface area (Å²) in [7, 11) is 0. The summed E-state index contributed by atoms with van der Waals surface area (Å²) in [5, 5.41) is 0.567. The summed E-state index contributed by atoms with van der Waals surface area (Å²) >= 11 is 7.02. The number of ether oxygens (including phenoxy) is 1. The number of nitrogens with two attached hydrogens (primary N) is 2. The van der Waals surface area contributed by atoms with Crippen molar-refractivity contribution in [1.29, 1.82) is 0 Å². The lowest BCUT2D eigenvalue weighted by Crippen LogP contribution is -2.38. The maximum Gasteiger partial charge on any atom is 0.387 e. The highest BCUT2D eigenvalue weighted by molar-refractivity contribution is 7.98.